The predicted molar refractivity (Wildman–Crippen MR) is 66.8 cm³/mol. The zero-order chi connectivity index (χ0) is 12.5. The summed E-state index contributed by atoms with van der Waals surface area (Å²) in [5.41, 5.74) is 1.09. The second-order valence-electron chi connectivity index (χ2n) is 4.32. The monoisotopic (exact) mass is 242 g/mol. The van der Waals surface area contributed by atoms with Gasteiger partial charge in [-0.15, -0.1) is 0 Å². The number of carbonyl (C=O) groups is 1. The zero-order valence-corrected chi connectivity index (χ0v) is 10.2. The molecule has 1 unspecified atom stereocenters. The molecule has 1 aromatic heterocycles. The third-order valence-corrected chi connectivity index (χ3v) is 3.22. The Labute approximate surface area is 105 Å². The molecule has 2 heterocycles. The average Bonchev–Trinajstić information content (AvgIpc) is 3.03. The van der Waals surface area contributed by atoms with Gasteiger partial charge in [0.1, 0.15) is 5.75 Å². The van der Waals surface area contributed by atoms with Gasteiger partial charge in [0.2, 0.25) is 5.78 Å². The summed E-state index contributed by atoms with van der Waals surface area (Å²) in [6.45, 7) is 2.73. The summed E-state index contributed by atoms with van der Waals surface area (Å²) >= 11 is 0. The fraction of sp³-hybridized carbons (Fsp3) is 0.286. The lowest BCUT2D eigenvalue weighted by Gasteiger charge is -2.10. The van der Waals surface area contributed by atoms with Crippen LogP contribution >= 0.6 is 0 Å². The molecule has 92 valence electrons. The Hall–Kier alpha value is -2.10. The summed E-state index contributed by atoms with van der Waals surface area (Å²) in [4.78, 5) is 16.5. The molecule has 0 bridgehead atoms. The first-order chi connectivity index (χ1) is 8.79. The number of imidazole rings is 1. The average molecular weight is 242 g/mol. The Kier molecular flexibility index (Phi) is 2.63. The van der Waals surface area contributed by atoms with E-state index in [2.05, 4.69) is 4.98 Å². The Bertz CT molecular complexity index is 564. The zero-order valence-electron chi connectivity index (χ0n) is 10.2. The van der Waals surface area contributed by atoms with Crippen molar-refractivity contribution in [2.24, 2.45) is 0 Å². The Morgan fingerprint density at radius 1 is 1.50 bits per heavy atom. The number of para-hydroxylation sites is 1. The van der Waals surface area contributed by atoms with Gasteiger partial charge in [0, 0.05) is 25.4 Å². The van der Waals surface area contributed by atoms with E-state index in [9.17, 15) is 4.79 Å². The molecule has 4 heteroatoms. The number of aryl methyl sites for hydroxylation is 1. The summed E-state index contributed by atoms with van der Waals surface area (Å²) in [5, 5.41) is 0. The van der Waals surface area contributed by atoms with Gasteiger partial charge in [-0.25, -0.2) is 4.98 Å². The van der Waals surface area contributed by atoms with Crippen molar-refractivity contribution in [3.8, 4) is 5.75 Å². The Morgan fingerprint density at radius 3 is 3.11 bits per heavy atom. The fourth-order valence-electron chi connectivity index (χ4n) is 2.26. The molecule has 0 N–H and O–H groups in total. The number of benzene rings is 1. The largest absolute Gasteiger partial charge is 0.481 e. The maximum atomic E-state index is 12.3. The number of ketones is 1. The van der Waals surface area contributed by atoms with Gasteiger partial charge in [-0.3, -0.25) is 4.79 Å². The summed E-state index contributed by atoms with van der Waals surface area (Å²) in [7, 11) is 0. The second-order valence-corrected chi connectivity index (χ2v) is 4.32. The molecule has 4 nitrogen and oxygen atoms in total. The lowest BCUT2D eigenvalue weighted by molar-refractivity contribution is 0.0809. The van der Waals surface area contributed by atoms with Crippen LogP contribution in [0.4, 0.5) is 0 Å². The summed E-state index contributed by atoms with van der Waals surface area (Å²) in [6, 6.07) is 7.77. The van der Waals surface area contributed by atoms with E-state index in [0.717, 1.165) is 17.9 Å². The van der Waals surface area contributed by atoms with E-state index in [0.29, 0.717) is 12.2 Å². The molecule has 0 saturated carbocycles. The summed E-state index contributed by atoms with van der Waals surface area (Å²) < 4.78 is 7.53. The van der Waals surface area contributed by atoms with Crippen molar-refractivity contribution in [3.63, 3.8) is 0 Å². The van der Waals surface area contributed by atoms with E-state index in [1.54, 1.807) is 6.20 Å². The van der Waals surface area contributed by atoms with Gasteiger partial charge >= 0.3 is 0 Å². The third-order valence-electron chi connectivity index (χ3n) is 3.22. The van der Waals surface area contributed by atoms with Crippen molar-refractivity contribution in [3.05, 3.63) is 48.0 Å². The smallest absolute Gasteiger partial charge is 0.238 e. The minimum atomic E-state index is -0.435. The van der Waals surface area contributed by atoms with Crippen molar-refractivity contribution < 1.29 is 9.53 Å². The van der Waals surface area contributed by atoms with Gasteiger partial charge in [0.05, 0.1) is 0 Å². The van der Waals surface area contributed by atoms with Crippen LogP contribution in [-0.2, 0) is 13.0 Å². The van der Waals surface area contributed by atoms with Gasteiger partial charge in [0.15, 0.2) is 11.9 Å². The number of rotatable bonds is 3. The molecule has 1 aliphatic rings. The first-order valence-corrected chi connectivity index (χ1v) is 6.09. The number of Topliss-reactive ketones (excluding diaryl/α,β-unsaturated/α-hetero) is 1. The van der Waals surface area contributed by atoms with E-state index in [1.807, 2.05) is 42.0 Å². The molecule has 0 radical (unpaired) electrons. The van der Waals surface area contributed by atoms with E-state index >= 15 is 0 Å². The molecule has 0 fully saturated rings. The van der Waals surface area contributed by atoms with Crippen molar-refractivity contribution in [1.82, 2.24) is 9.55 Å². The highest BCUT2D eigenvalue weighted by atomic mass is 16.5. The molecule has 1 atom stereocenters. The van der Waals surface area contributed by atoms with Crippen molar-refractivity contribution >= 4 is 5.78 Å². The Balaban J connectivity index is 1.85. The van der Waals surface area contributed by atoms with Gasteiger partial charge < -0.3 is 9.30 Å². The lowest BCUT2D eigenvalue weighted by Crippen LogP contribution is -2.28. The quantitative estimate of drug-likeness (QED) is 0.774. The van der Waals surface area contributed by atoms with Gasteiger partial charge in [0.25, 0.3) is 0 Å². The number of hydrogen-bond acceptors (Lipinski definition) is 3. The van der Waals surface area contributed by atoms with Crippen LogP contribution in [0.15, 0.2) is 36.7 Å². The standard InChI is InChI=1S/C14H14N2O2/c1-2-16-8-7-15-14(16)13(17)12-9-10-5-3-4-6-11(10)18-12/h3-8,12H,2,9H2,1H3. The number of ether oxygens (including phenoxy) is 1. The van der Waals surface area contributed by atoms with Crippen molar-refractivity contribution in [1.29, 1.82) is 0 Å². The highest BCUT2D eigenvalue weighted by Gasteiger charge is 2.31. The number of hydrogen-bond donors (Lipinski definition) is 0. The number of fused-ring (bicyclic) bond motifs is 1. The molecular formula is C14H14N2O2. The van der Waals surface area contributed by atoms with Gasteiger partial charge in [-0.05, 0) is 18.6 Å². The molecule has 3 rings (SSSR count). The minimum absolute atomic E-state index is 0.0435. The number of nitrogens with zero attached hydrogens (tertiary/aromatic N) is 2. The third kappa shape index (κ3) is 1.70. The second kappa shape index (κ2) is 4.29. The molecule has 0 amide bonds. The van der Waals surface area contributed by atoms with Crippen LogP contribution in [0.25, 0.3) is 0 Å². The fourth-order valence-corrected chi connectivity index (χ4v) is 2.26. The van der Waals surface area contributed by atoms with E-state index in [-0.39, 0.29) is 5.78 Å². The highest BCUT2D eigenvalue weighted by Crippen LogP contribution is 2.29. The first-order valence-electron chi connectivity index (χ1n) is 6.09. The molecule has 18 heavy (non-hydrogen) atoms. The molecule has 0 saturated heterocycles. The summed E-state index contributed by atoms with van der Waals surface area (Å²) in [6.07, 6.45) is 3.66. The van der Waals surface area contributed by atoms with E-state index in [4.69, 9.17) is 4.74 Å². The van der Waals surface area contributed by atoms with Crippen LogP contribution in [0.1, 0.15) is 23.1 Å². The van der Waals surface area contributed by atoms with Crippen LogP contribution in [0.3, 0.4) is 0 Å². The van der Waals surface area contributed by atoms with Crippen LogP contribution in [0.5, 0.6) is 5.75 Å². The van der Waals surface area contributed by atoms with Gasteiger partial charge in [-0.1, -0.05) is 18.2 Å². The van der Waals surface area contributed by atoms with Crippen LogP contribution < -0.4 is 4.74 Å². The van der Waals surface area contributed by atoms with E-state index < -0.39 is 6.10 Å². The molecule has 0 aliphatic carbocycles. The van der Waals surface area contributed by atoms with Gasteiger partial charge in [-0.2, -0.15) is 0 Å². The predicted octanol–water partition coefficient (Wildman–Crippen LogP) is 2.09. The molecular weight excluding hydrogens is 228 g/mol. The first kappa shape index (κ1) is 11.0. The SMILES string of the molecule is CCn1ccnc1C(=O)C1Cc2ccccc2O1. The Morgan fingerprint density at radius 2 is 2.33 bits per heavy atom. The van der Waals surface area contributed by atoms with E-state index in [1.165, 1.54) is 0 Å². The number of aromatic nitrogens is 2. The lowest BCUT2D eigenvalue weighted by atomic mass is 10.1. The van der Waals surface area contributed by atoms with Crippen LogP contribution in [-0.4, -0.2) is 21.4 Å². The van der Waals surface area contributed by atoms with Crippen LogP contribution in [0, 0.1) is 0 Å². The molecule has 1 aliphatic heterocycles. The normalized spacial score (nSPS) is 17.3. The van der Waals surface area contributed by atoms with Crippen LogP contribution in [0.2, 0.25) is 0 Å². The molecule has 2 aromatic rings. The maximum Gasteiger partial charge on any atom is 0.238 e. The van der Waals surface area contributed by atoms with Crippen molar-refractivity contribution in [2.45, 2.75) is 26.0 Å². The van der Waals surface area contributed by atoms with Crippen molar-refractivity contribution in [2.75, 3.05) is 0 Å². The summed E-state index contributed by atoms with van der Waals surface area (Å²) in [5.74, 6) is 1.25. The maximum absolute atomic E-state index is 12.3. The molecule has 0 spiro atoms. The molecule has 1 aromatic carbocycles. The topological polar surface area (TPSA) is 44.1 Å². The number of carbonyl (C=O) groups excluding carboxylic acids is 1. The highest BCUT2D eigenvalue weighted by molar-refractivity contribution is 5.97. The minimum Gasteiger partial charge on any atom is -0.481 e.